The standard InChI is InChI=1S/C11H13N3O2/c1-8-3-6-14(7-4-8)11-12-5-2-9(13-11)10(15)16/h2-3,5H,4,6-7H2,1H3,(H,15,16). The minimum absolute atomic E-state index is 0.0382. The van der Waals surface area contributed by atoms with Gasteiger partial charge in [-0.1, -0.05) is 11.6 Å². The summed E-state index contributed by atoms with van der Waals surface area (Å²) in [5, 5.41) is 8.83. The third-order valence-electron chi connectivity index (χ3n) is 2.58. The zero-order valence-electron chi connectivity index (χ0n) is 9.05. The highest BCUT2D eigenvalue weighted by molar-refractivity contribution is 5.85. The predicted octanol–water partition coefficient (Wildman–Crippen LogP) is 1.33. The van der Waals surface area contributed by atoms with Crippen molar-refractivity contribution in [2.75, 3.05) is 18.0 Å². The molecule has 1 N–H and O–H groups in total. The molecule has 84 valence electrons. The maximum atomic E-state index is 10.8. The Bertz CT molecular complexity index is 443. The van der Waals surface area contributed by atoms with E-state index in [-0.39, 0.29) is 5.69 Å². The Balaban J connectivity index is 2.21. The molecular formula is C11H13N3O2. The lowest BCUT2D eigenvalue weighted by atomic mass is 10.1. The number of carboxylic acids is 1. The molecule has 0 aliphatic carbocycles. The van der Waals surface area contributed by atoms with Crippen LogP contribution in [-0.2, 0) is 0 Å². The highest BCUT2D eigenvalue weighted by Gasteiger charge is 2.14. The van der Waals surface area contributed by atoms with Gasteiger partial charge in [-0.3, -0.25) is 0 Å². The molecule has 5 heteroatoms. The van der Waals surface area contributed by atoms with E-state index < -0.39 is 5.97 Å². The van der Waals surface area contributed by atoms with Gasteiger partial charge < -0.3 is 10.0 Å². The third kappa shape index (κ3) is 2.18. The number of anilines is 1. The van der Waals surface area contributed by atoms with Gasteiger partial charge in [0.15, 0.2) is 5.69 Å². The van der Waals surface area contributed by atoms with E-state index in [2.05, 4.69) is 23.0 Å². The number of hydrogen-bond acceptors (Lipinski definition) is 4. The summed E-state index contributed by atoms with van der Waals surface area (Å²) >= 11 is 0. The molecule has 0 saturated carbocycles. The highest BCUT2D eigenvalue weighted by atomic mass is 16.4. The second-order valence-corrected chi connectivity index (χ2v) is 3.79. The summed E-state index contributed by atoms with van der Waals surface area (Å²) in [6.45, 7) is 3.67. The summed E-state index contributed by atoms with van der Waals surface area (Å²) in [5.41, 5.74) is 1.39. The number of rotatable bonds is 2. The van der Waals surface area contributed by atoms with Crippen molar-refractivity contribution in [1.82, 2.24) is 9.97 Å². The maximum Gasteiger partial charge on any atom is 0.354 e. The molecule has 2 rings (SSSR count). The predicted molar refractivity (Wildman–Crippen MR) is 59.6 cm³/mol. The van der Waals surface area contributed by atoms with Gasteiger partial charge in [-0.15, -0.1) is 0 Å². The van der Waals surface area contributed by atoms with Crippen molar-refractivity contribution in [3.05, 3.63) is 29.6 Å². The molecule has 1 aromatic rings. The fourth-order valence-electron chi connectivity index (χ4n) is 1.57. The number of carbonyl (C=O) groups is 1. The van der Waals surface area contributed by atoms with Crippen molar-refractivity contribution in [2.45, 2.75) is 13.3 Å². The average molecular weight is 219 g/mol. The van der Waals surface area contributed by atoms with Crippen molar-refractivity contribution in [1.29, 1.82) is 0 Å². The van der Waals surface area contributed by atoms with Crippen LogP contribution in [0.2, 0.25) is 0 Å². The first-order chi connectivity index (χ1) is 7.66. The minimum atomic E-state index is -1.02. The van der Waals surface area contributed by atoms with E-state index in [1.807, 2.05) is 4.90 Å². The van der Waals surface area contributed by atoms with E-state index in [1.54, 1.807) is 0 Å². The fraction of sp³-hybridized carbons (Fsp3) is 0.364. The molecule has 1 aliphatic rings. The van der Waals surface area contributed by atoms with E-state index in [0.717, 1.165) is 19.5 Å². The van der Waals surface area contributed by atoms with E-state index in [9.17, 15) is 4.79 Å². The molecule has 0 spiro atoms. The van der Waals surface area contributed by atoms with Crippen LogP contribution in [0.4, 0.5) is 5.95 Å². The molecule has 1 aliphatic heterocycles. The fourth-order valence-corrected chi connectivity index (χ4v) is 1.57. The molecule has 0 saturated heterocycles. The van der Waals surface area contributed by atoms with Crippen molar-refractivity contribution < 1.29 is 9.90 Å². The summed E-state index contributed by atoms with van der Waals surface area (Å²) in [6, 6.07) is 1.40. The van der Waals surface area contributed by atoms with Crippen LogP contribution in [-0.4, -0.2) is 34.1 Å². The van der Waals surface area contributed by atoms with Gasteiger partial charge in [0.25, 0.3) is 0 Å². The zero-order valence-corrected chi connectivity index (χ0v) is 9.05. The Kier molecular flexibility index (Phi) is 2.85. The Hall–Kier alpha value is -1.91. The first kappa shape index (κ1) is 10.6. The van der Waals surface area contributed by atoms with E-state index >= 15 is 0 Å². The summed E-state index contributed by atoms with van der Waals surface area (Å²) in [4.78, 5) is 20.8. The van der Waals surface area contributed by atoms with Crippen LogP contribution >= 0.6 is 0 Å². The van der Waals surface area contributed by atoms with Crippen molar-refractivity contribution in [2.24, 2.45) is 0 Å². The smallest absolute Gasteiger partial charge is 0.354 e. The van der Waals surface area contributed by atoms with Crippen molar-refractivity contribution in [3.63, 3.8) is 0 Å². The summed E-state index contributed by atoms with van der Waals surface area (Å²) < 4.78 is 0. The third-order valence-corrected chi connectivity index (χ3v) is 2.58. The monoisotopic (exact) mass is 219 g/mol. The lowest BCUT2D eigenvalue weighted by Gasteiger charge is -2.25. The molecule has 0 fully saturated rings. The van der Waals surface area contributed by atoms with Crippen LogP contribution in [0.1, 0.15) is 23.8 Å². The molecule has 1 aromatic heterocycles. The van der Waals surface area contributed by atoms with Crippen LogP contribution in [0.15, 0.2) is 23.9 Å². The summed E-state index contributed by atoms with van der Waals surface area (Å²) in [6.07, 6.45) is 4.57. The number of aromatic nitrogens is 2. The Morgan fingerprint density at radius 2 is 2.38 bits per heavy atom. The molecule has 2 heterocycles. The van der Waals surface area contributed by atoms with Gasteiger partial charge in [0.1, 0.15) is 0 Å². The van der Waals surface area contributed by atoms with Crippen LogP contribution in [0, 0.1) is 0 Å². The van der Waals surface area contributed by atoms with Gasteiger partial charge in [0.2, 0.25) is 5.95 Å². The molecule has 0 aromatic carbocycles. The van der Waals surface area contributed by atoms with Crippen LogP contribution in [0.25, 0.3) is 0 Å². The first-order valence-corrected chi connectivity index (χ1v) is 5.14. The summed E-state index contributed by atoms with van der Waals surface area (Å²) in [5.74, 6) is -0.531. The van der Waals surface area contributed by atoms with Crippen LogP contribution < -0.4 is 4.90 Å². The average Bonchev–Trinajstić information content (AvgIpc) is 2.30. The van der Waals surface area contributed by atoms with Gasteiger partial charge in [-0.05, 0) is 19.4 Å². The molecule has 0 bridgehead atoms. The topological polar surface area (TPSA) is 66.3 Å². The summed E-state index contributed by atoms with van der Waals surface area (Å²) in [7, 11) is 0. The minimum Gasteiger partial charge on any atom is -0.477 e. The maximum absolute atomic E-state index is 10.8. The van der Waals surface area contributed by atoms with Gasteiger partial charge in [0, 0.05) is 19.3 Å². The second kappa shape index (κ2) is 4.30. The zero-order chi connectivity index (χ0) is 11.5. The van der Waals surface area contributed by atoms with Gasteiger partial charge in [-0.25, -0.2) is 14.8 Å². The number of nitrogens with zero attached hydrogens (tertiary/aromatic N) is 3. The molecule has 0 amide bonds. The SMILES string of the molecule is CC1=CCN(c2nccc(C(=O)O)n2)CC1. The molecule has 0 unspecified atom stereocenters. The number of hydrogen-bond donors (Lipinski definition) is 1. The largest absolute Gasteiger partial charge is 0.477 e. The second-order valence-electron chi connectivity index (χ2n) is 3.79. The van der Waals surface area contributed by atoms with Gasteiger partial charge in [-0.2, -0.15) is 0 Å². The normalized spacial score (nSPS) is 15.8. The van der Waals surface area contributed by atoms with Gasteiger partial charge in [0.05, 0.1) is 0 Å². The quantitative estimate of drug-likeness (QED) is 0.760. The van der Waals surface area contributed by atoms with Crippen LogP contribution in [0.5, 0.6) is 0 Å². The van der Waals surface area contributed by atoms with Gasteiger partial charge >= 0.3 is 5.97 Å². The van der Waals surface area contributed by atoms with Crippen molar-refractivity contribution in [3.8, 4) is 0 Å². The molecule has 0 radical (unpaired) electrons. The molecule has 16 heavy (non-hydrogen) atoms. The van der Waals surface area contributed by atoms with E-state index in [4.69, 9.17) is 5.11 Å². The number of carboxylic acid groups (broad SMARTS) is 1. The molecule has 0 atom stereocenters. The lowest BCUT2D eigenvalue weighted by Crippen LogP contribution is -2.30. The molecule has 5 nitrogen and oxygen atoms in total. The Morgan fingerprint density at radius 3 is 3.00 bits per heavy atom. The van der Waals surface area contributed by atoms with Crippen molar-refractivity contribution >= 4 is 11.9 Å². The van der Waals surface area contributed by atoms with E-state index in [1.165, 1.54) is 17.8 Å². The van der Waals surface area contributed by atoms with E-state index in [0.29, 0.717) is 5.95 Å². The highest BCUT2D eigenvalue weighted by Crippen LogP contribution is 2.15. The lowest BCUT2D eigenvalue weighted by molar-refractivity contribution is 0.0690. The first-order valence-electron chi connectivity index (χ1n) is 5.14. The Morgan fingerprint density at radius 1 is 1.56 bits per heavy atom. The number of aromatic carboxylic acids is 1. The van der Waals surface area contributed by atoms with Crippen LogP contribution in [0.3, 0.4) is 0 Å². The Labute approximate surface area is 93.4 Å². The molecular weight excluding hydrogens is 206 g/mol.